The fourth-order valence-corrected chi connectivity index (χ4v) is 12.3. The molecule has 0 bridgehead atoms. The molecule has 16 nitrogen and oxygen atoms in total. The standard InChI is InChI=1S/C63H62N6O10/c1-40(2)53(59(72)76-4)64-62(75)68-49-28-22-41(17-14-30-65(3)37-42-15-8-5-9-16-42)35-48(49)63(61(68)74)52(58(71)67-33-31-66(32-34-67)38-43-23-29-50-51(36-43)78-39-77-50)55-60(73)79-56(45-20-12-7-13-21-45)54(44-18-10-6-11-19-44)69(55)57(63)46-24-26-47(70)27-25-46/h5-13,15-16,18-29,35-36,40,52-57,70H,30-34,37-39H2,1-4H3,(H,64,75). The van der Waals surface area contributed by atoms with Gasteiger partial charge in [0.05, 0.1) is 37.3 Å². The molecule has 404 valence electrons. The Morgan fingerprint density at radius 2 is 1.44 bits per heavy atom. The van der Waals surface area contributed by atoms with Crippen molar-refractivity contribution in [2.45, 2.75) is 62.6 Å². The van der Waals surface area contributed by atoms with Gasteiger partial charge >= 0.3 is 18.0 Å². The third-order valence-electron chi connectivity index (χ3n) is 15.9. The number of methoxy groups -OCH3 is 1. The molecule has 2 N–H and O–H groups in total. The molecule has 6 aromatic carbocycles. The van der Waals surface area contributed by atoms with Crippen LogP contribution in [0.5, 0.6) is 17.2 Å². The number of ether oxygens (including phenoxy) is 4. The molecule has 3 saturated heterocycles. The van der Waals surface area contributed by atoms with Crippen LogP contribution in [-0.4, -0.2) is 120 Å². The molecule has 6 aromatic rings. The summed E-state index contributed by atoms with van der Waals surface area (Å²) in [6.07, 6.45) is -0.940. The van der Waals surface area contributed by atoms with Crippen molar-refractivity contribution in [1.29, 1.82) is 0 Å². The lowest BCUT2D eigenvalue weighted by atomic mass is 9.64. The first-order valence-electron chi connectivity index (χ1n) is 26.7. The molecule has 7 unspecified atom stereocenters. The molecule has 0 aromatic heterocycles. The van der Waals surface area contributed by atoms with Crippen molar-refractivity contribution in [2.75, 3.05) is 58.6 Å². The van der Waals surface area contributed by atoms with Gasteiger partial charge in [-0.25, -0.2) is 14.5 Å². The minimum atomic E-state index is -2.08. The number of phenolic OH excluding ortho intramolecular Hbond substituents is 1. The molecule has 0 radical (unpaired) electrons. The van der Waals surface area contributed by atoms with Crippen molar-refractivity contribution in [3.05, 3.63) is 191 Å². The first-order valence-corrected chi connectivity index (χ1v) is 26.7. The van der Waals surface area contributed by atoms with E-state index < -0.39 is 77.3 Å². The Kier molecular flexibility index (Phi) is 14.7. The molecule has 4 amide bonds. The number of hydrogen-bond acceptors (Lipinski definition) is 13. The number of fused-ring (bicyclic) bond motifs is 4. The summed E-state index contributed by atoms with van der Waals surface area (Å²) in [4.78, 5) is 86.8. The number of carbonyl (C=O) groups is 5. The summed E-state index contributed by atoms with van der Waals surface area (Å²) in [7, 11) is 3.20. The van der Waals surface area contributed by atoms with Crippen molar-refractivity contribution in [1.82, 2.24) is 24.9 Å². The Hall–Kier alpha value is -8.49. The maximum absolute atomic E-state index is 16.9. The second-order valence-electron chi connectivity index (χ2n) is 21.2. The van der Waals surface area contributed by atoms with Crippen molar-refractivity contribution in [2.24, 2.45) is 11.8 Å². The predicted molar refractivity (Wildman–Crippen MR) is 293 cm³/mol. The SMILES string of the molecule is COC(=O)C(NC(=O)N1C(=O)C2(c3cc(C#CCN(C)Cc4ccccc4)ccc31)C(C(=O)N1CCN(Cc3ccc4c(c3)OCO4)CC1)C1C(=O)OC(c3ccccc3)C(c3ccccc3)N1C2c1ccc(O)cc1)C(C)C. The van der Waals surface area contributed by atoms with E-state index in [2.05, 4.69) is 39.1 Å². The van der Waals surface area contributed by atoms with Crippen LogP contribution in [0.1, 0.15) is 71.0 Å². The number of hydrogen-bond donors (Lipinski definition) is 2. The van der Waals surface area contributed by atoms with E-state index in [-0.39, 0.29) is 31.3 Å². The third-order valence-corrected chi connectivity index (χ3v) is 15.9. The average molecular weight is 1060 g/mol. The number of aromatic hydroxyl groups is 1. The van der Waals surface area contributed by atoms with Crippen molar-refractivity contribution >= 4 is 35.5 Å². The highest BCUT2D eigenvalue weighted by Crippen LogP contribution is 2.66. The summed E-state index contributed by atoms with van der Waals surface area (Å²) in [6.45, 7) is 6.69. The van der Waals surface area contributed by atoms with Crippen molar-refractivity contribution in [3.63, 3.8) is 0 Å². The number of carbonyl (C=O) groups excluding carboxylic acids is 5. The fraction of sp³-hybridized carbons (Fsp3) is 0.317. The van der Waals surface area contributed by atoms with E-state index in [1.807, 2.05) is 109 Å². The van der Waals surface area contributed by atoms with Gasteiger partial charge in [-0.3, -0.25) is 29.1 Å². The van der Waals surface area contributed by atoms with E-state index in [1.165, 1.54) is 19.2 Å². The number of anilines is 1. The van der Waals surface area contributed by atoms with Crippen LogP contribution in [0, 0.1) is 23.7 Å². The molecule has 16 heteroatoms. The van der Waals surface area contributed by atoms with Gasteiger partial charge < -0.3 is 34.3 Å². The van der Waals surface area contributed by atoms with Gasteiger partial charge in [0.1, 0.15) is 29.4 Å². The zero-order valence-corrected chi connectivity index (χ0v) is 44.5. The number of nitrogens with zero attached hydrogens (tertiary/aromatic N) is 5. The molecule has 79 heavy (non-hydrogen) atoms. The summed E-state index contributed by atoms with van der Waals surface area (Å²) < 4.78 is 23.1. The lowest BCUT2D eigenvalue weighted by Crippen LogP contribution is -2.59. The average Bonchev–Trinajstić information content (AvgIpc) is 4.35. The van der Waals surface area contributed by atoms with Gasteiger partial charge in [0.2, 0.25) is 18.6 Å². The number of phenols is 1. The fourth-order valence-electron chi connectivity index (χ4n) is 12.3. The summed E-state index contributed by atoms with van der Waals surface area (Å²) in [5.41, 5.74) is 2.92. The topological polar surface area (TPSA) is 171 Å². The van der Waals surface area contributed by atoms with Gasteiger partial charge in [0, 0.05) is 44.8 Å². The highest BCUT2D eigenvalue weighted by atomic mass is 16.7. The maximum Gasteiger partial charge on any atom is 0.329 e. The Morgan fingerprint density at radius 3 is 2.13 bits per heavy atom. The van der Waals surface area contributed by atoms with E-state index in [0.717, 1.165) is 21.6 Å². The molecule has 1 spiro atoms. The number of rotatable bonds is 12. The van der Waals surface area contributed by atoms with Crippen LogP contribution in [0.4, 0.5) is 10.5 Å². The van der Waals surface area contributed by atoms with E-state index in [4.69, 9.17) is 18.9 Å². The number of urea groups is 1. The molecule has 0 saturated carbocycles. The molecule has 5 aliphatic rings. The molecular formula is C63H62N6O10. The largest absolute Gasteiger partial charge is 0.508 e. The number of nitrogens with one attached hydrogen (secondary N) is 1. The van der Waals surface area contributed by atoms with E-state index in [9.17, 15) is 9.90 Å². The van der Waals surface area contributed by atoms with Gasteiger partial charge in [-0.05, 0) is 88.8 Å². The van der Waals surface area contributed by atoms with E-state index in [0.29, 0.717) is 66.5 Å². The molecule has 5 heterocycles. The minimum Gasteiger partial charge on any atom is -0.508 e. The van der Waals surface area contributed by atoms with E-state index >= 15 is 19.2 Å². The second-order valence-corrected chi connectivity index (χ2v) is 21.2. The summed E-state index contributed by atoms with van der Waals surface area (Å²) >= 11 is 0. The number of piperazine rings is 1. The number of cyclic esters (lactones) is 1. The Bertz CT molecular complexity index is 3320. The van der Waals surface area contributed by atoms with Crippen LogP contribution in [0.3, 0.4) is 0 Å². The minimum absolute atomic E-state index is 0.0464. The van der Waals surface area contributed by atoms with E-state index in [1.54, 1.807) is 49.1 Å². The third kappa shape index (κ3) is 9.83. The molecule has 5 aliphatic heterocycles. The highest BCUT2D eigenvalue weighted by Gasteiger charge is 2.76. The summed E-state index contributed by atoms with van der Waals surface area (Å²) in [6, 6.07) is 41.0. The number of morpholine rings is 1. The summed E-state index contributed by atoms with van der Waals surface area (Å²) in [5, 5.41) is 13.7. The maximum atomic E-state index is 16.9. The first-order chi connectivity index (χ1) is 38.3. The Labute approximate surface area is 459 Å². The molecule has 3 fully saturated rings. The Balaban J connectivity index is 1.10. The number of imide groups is 1. The molecule has 0 aliphatic carbocycles. The molecular weight excluding hydrogens is 1000 g/mol. The van der Waals surface area contributed by atoms with Gasteiger partial charge in [-0.2, -0.15) is 0 Å². The first kappa shape index (κ1) is 52.6. The Morgan fingerprint density at radius 1 is 0.772 bits per heavy atom. The predicted octanol–water partition coefficient (Wildman–Crippen LogP) is 7.52. The van der Waals surface area contributed by atoms with Crippen LogP contribution >= 0.6 is 0 Å². The molecule has 11 rings (SSSR count). The highest BCUT2D eigenvalue weighted by molar-refractivity contribution is 6.25. The van der Waals surface area contributed by atoms with Gasteiger partial charge in [0.25, 0.3) is 0 Å². The second kappa shape index (κ2) is 22.1. The van der Waals surface area contributed by atoms with Gasteiger partial charge in [-0.1, -0.05) is 135 Å². The van der Waals surface area contributed by atoms with Crippen LogP contribution in [0.2, 0.25) is 0 Å². The van der Waals surface area contributed by atoms with Crippen LogP contribution in [0.15, 0.2) is 152 Å². The monoisotopic (exact) mass is 1060 g/mol. The van der Waals surface area contributed by atoms with Crippen molar-refractivity contribution in [3.8, 4) is 29.1 Å². The quantitative estimate of drug-likeness (QED) is 0.0913. The zero-order valence-electron chi connectivity index (χ0n) is 44.5. The van der Waals surface area contributed by atoms with Gasteiger partial charge in [-0.15, -0.1) is 0 Å². The normalized spacial score (nSPS) is 22.7. The number of benzene rings is 6. The van der Waals surface area contributed by atoms with Crippen molar-refractivity contribution < 1.29 is 48.0 Å². The van der Waals surface area contributed by atoms with Crippen LogP contribution in [0.25, 0.3) is 0 Å². The lowest BCUT2D eigenvalue weighted by molar-refractivity contribution is -0.179. The molecule has 7 atom stereocenters. The van der Waals surface area contributed by atoms with Crippen LogP contribution in [-0.2, 0) is 47.2 Å². The lowest BCUT2D eigenvalue weighted by Gasteiger charge is -2.46. The number of esters is 2. The summed E-state index contributed by atoms with van der Waals surface area (Å²) in [5.74, 6) is 3.28. The number of amides is 4. The van der Waals surface area contributed by atoms with Crippen LogP contribution < -0.4 is 19.7 Å². The van der Waals surface area contributed by atoms with Gasteiger partial charge in [0.15, 0.2) is 11.5 Å². The zero-order chi connectivity index (χ0) is 55.0. The smallest absolute Gasteiger partial charge is 0.329 e.